The van der Waals surface area contributed by atoms with E-state index in [1.165, 1.54) is 0 Å². The molecule has 0 aliphatic heterocycles. The van der Waals surface area contributed by atoms with Crippen molar-refractivity contribution in [2.24, 2.45) is 0 Å². The second kappa shape index (κ2) is 26.1. The third-order valence-electron chi connectivity index (χ3n) is 12.1. The molecule has 0 saturated carbocycles. The van der Waals surface area contributed by atoms with E-state index in [0.29, 0.717) is 49.2 Å². The van der Waals surface area contributed by atoms with Crippen LogP contribution < -0.4 is 10.9 Å². The van der Waals surface area contributed by atoms with E-state index in [0.717, 1.165) is 75.3 Å². The number of para-hydroxylation sites is 3. The van der Waals surface area contributed by atoms with Gasteiger partial charge in [0, 0.05) is 46.3 Å². The maximum Gasteiger partial charge on any atom is 0.489 e. The fourth-order valence-electron chi connectivity index (χ4n) is 8.38. The molecule has 4 N–H and O–H groups in total. The highest BCUT2D eigenvalue weighted by Crippen LogP contribution is 2.39. The molecule has 0 bridgehead atoms. The Balaban J connectivity index is 0.000000120. The molecular weight excluding hydrogens is 1280 g/mol. The maximum absolute atomic E-state index is 8.73. The van der Waals surface area contributed by atoms with E-state index in [9.17, 15) is 0 Å². The van der Waals surface area contributed by atoms with Gasteiger partial charge in [0.05, 0.1) is 0 Å². The van der Waals surface area contributed by atoms with Gasteiger partial charge in [-0.25, -0.2) is 29.9 Å². The quantitative estimate of drug-likeness (QED) is 0.0722. The zero-order valence-corrected chi connectivity index (χ0v) is 48.8. The standard InChI is InChI=1S/C22H13BrN2O.C16H8BrClN2O.C10H4Cl2N2O.C6H6BBrO2.C6H7BO2/c23-17-12-6-4-10-15(17)19-21-20(16-11-5-7-13-18(16)26-21)25-22(24-19)14-8-2-1-3-9-14;17-11-7-3-1-5-9(11)13-15-14(20-16(18)19-13)10-6-2-4-8-12(10)21-15;11-9-8-7(13-10(12)14-9)5-3-1-2-4-6(5)15-8;8-6-4-2-1-3-5(6)7(9)10;8-7(9)6-4-2-1-3-5-6/h1-13H;1-8H;1-4H;1-4,9-10H;1-5,8-9H. The molecule has 8 aromatic carbocycles. The van der Waals surface area contributed by atoms with Crippen LogP contribution in [0.4, 0.5) is 0 Å². The number of hydrogen-bond acceptors (Lipinski definition) is 13. The highest BCUT2D eigenvalue weighted by Gasteiger charge is 2.21. The summed E-state index contributed by atoms with van der Waals surface area (Å²) < 4.78 is 20.2. The third kappa shape index (κ3) is 13.1. The fraction of sp³-hybridized carbons (Fsp3) is 0. The summed E-state index contributed by atoms with van der Waals surface area (Å²) in [6, 6.07) is 64.8. The summed E-state index contributed by atoms with van der Waals surface area (Å²) in [5, 5.41) is 38.0. The number of rotatable bonds is 5. The lowest BCUT2D eigenvalue weighted by atomic mass is 9.80. The van der Waals surface area contributed by atoms with Crippen molar-refractivity contribution in [3.05, 3.63) is 235 Å². The van der Waals surface area contributed by atoms with Crippen LogP contribution in [-0.2, 0) is 0 Å². The van der Waals surface area contributed by atoms with Crippen LogP contribution in [-0.4, -0.2) is 64.2 Å². The van der Waals surface area contributed by atoms with Crippen molar-refractivity contribution in [3.63, 3.8) is 0 Å². The summed E-state index contributed by atoms with van der Waals surface area (Å²) in [6.07, 6.45) is 0. The first-order chi connectivity index (χ1) is 39.3. The zero-order valence-electron chi connectivity index (χ0n) is 41.7. The molecule has 14 rings (SSSR count). The normalized spacial score (nSPS) is 10.8. The van der Waals surface area contributed by atoms with Crippen molar-refractivity contribution >= 4 is 174 Å². The average Bonchev–Trinajstić information content (AvgIpc) is 4.31. The van der Waals surface area contributed by atoms with Gasteiger partial charge in [-0.1, -0.05) is 211 Å². The highest BCUT2D eigenvalue weighted by molar-refractivity contribution is 9.11. The van der Waals surface area contributed by atoms with Gasteiger partial charge < -0.3 is 33.3 Å². The molecular formula is C60H38B2Br3Cl3N6O7. The average molecular weight is 1320 g/mol. The molecule has 13 nitrogen and oxygen atoms in total. The number of hydrogen-bond donors (Lipinski definition) is 4. The van der Waals surface area contributed by atoms with Crippen molar-refractivity contribution in [2.75, 3.05) is 0 Å². The van der Waals surface area contributed by atoms with Crippen LogP contribution in [0.3, 0.4) is 0 Å². The van der Waals surface area contributed by atoms with E-state index < -0.39 is 14.2 Å². The number of nitrogens with zero attached hydrogens (tertiary/aromatic N) is 6. The maximum atomic E-state index is 8.73. The predicted octanol–water partition coefficient (Wildman–Crippen LogP) is 15.1. The SMILES string of the molecule is Brc1ccccc1-c1nc(-c2ccccc2)nc2c1oc1ccccc12.Clc1nc(-c2ccccc2Br)c2oc3ccccc3c2n1.Clc1nc(Cl)c2oc3ccccc3c2n1.OB(O)c1ccccc1.OB(O)c1ccccc1Br. The predicted molar refractivity (Wildman–Crippen MR) is 335 cm³/mol. The Bertz CT molecular complexity index is 4510. The number of benzene rings is 8. The topological polar surface area (TPSA) is 198 Å². The molecule has 398 valence electrons. The van der Waals surface area contributed by atoms with Crippen LogP contribution in [0.25, 0.3) is 100 Å². The summed E-state index contributed by atoms with van der Waals surface area (Å²) in [6.45, 7) is 0. The summed E-state index contributed by atoms with van der Waals surface area (Å²) in [7, 11) is -2.73. The lowest BCUT2D eigenvalue weighted by Gasteiger charge is -2.07. The Morgan fingerprint density at radius 2 is 0.753 bits per heavy atom. The van der Waals surface area contributed by atoms with Gasteiger partial charge in [0.1, 0.15) is 44.7 Å². The van der Waals surface area contributed by atoms with E-state index in [4.69, 9.17) is 78.1 Å². The van der Waals surface area contributed by atoms with E-state index in [2.05, 4.69) is 67.7 Å². The largest absolute Gasteiger partial charge is 0.489 e. The second-order valence-electron chi connectivity index (χ2n) is 17.4. The number of furan rings is 3. The second-order valence-corrected chi connectivity index (χ2v) is 21.0. The Hall–Kier alpha value is -7.32. The van der Waals surface area contributed by atoms with Gasteiger partial charge in [0.25, 0.3) is 0 Å². The molecule has 0 aliphatic carbocycles. The van der Waals surface area contributed by atoms with Crippen LogP contribution in [0, 0.1) is 0 Å². The Morgan fingerprint density at radius 1 is 0.358 bits per heavy atom. The first-order valence-electron chi connectivity index (χ1n) is 24.4. The molecule has 21 heteroatoms. The van der Waals surface area contributed by atoms with Crippen molar-refractivity contribution in [1.29, 1.82) is 0 Å². The lowest BCUT2D eigenvalue weighted by molar-refractivity contribution is 0.424. The third-order valence-corrected chi connectivity index (χ3v) is 14.8. The van der Waals surface area contributed by atoms with Crippen molar-refractivity contribution in [2.45, 2.75) is 0 Å². The van der Waals surface area contributed by atoms with Crippen LogP contribution in [0.15, 0.2) is 233 Å². The monoisotopic (exact) mass is 1320 g/mol. The number of fused-ring (bicyclic) bond motifs is 9. The number of aromatic nitrogens is 6. The first-order valence-corrected chi connectivity index (χ1v) is 28.0. The van der Waals surface area contributed by atoms with Gasteiger partial charge in [-0.05, 0) is 88.7 Å². The van der Waals surface area contributed by atoms with E-state index in [-0.39, 0.29) is 15.7 Å². The number of halogens is 6. The molecule has 0 radical (unpaired) electrons. The van der Waals surface area contributed by atoms with Gasteiger partial charge in [0.2, 0.25) is 10.6 Å². The van der Waals surface area contributed by atoms with Crippen LogP contribution in [0.2, 0.25) is 15.7 Å². The molecule has 0 aliphatic rings. The van der Waals surface area contributed by atoms with Gasteiger partial charge in [-0.3, -0.25) is 0 Å². The van der Waals surface area contributed by atoms with Gasteiger partial charge in [-0.2, -0.15) is 0 Å². The van der Waals surface area contributed by atoms with E-state index >= 15 is 0 Å². The first kappa shape index (κ1) is 56.9. The molecule has 0 spiro atoms. The highest BCUT2D eigenvalue weighted by atomic mass is 79.9. The van der Waals surface area contributed by atoms with Gasteiger partial charge in [0.15, 0.2) is 27.7 Å². The lowest BCUT2D eigenvalue weighted by Crippen LogP contribution is -2.30. The molecule has 6 heterocycles. The van der Waals surface area contributed by atoms with Crippen molar-refractivity contribution in [1.82, 2.24) is 29.9 Å². The summed E-state index contributed by atoms with van der Waals surface area (Å²) in [4.78, 5) is 26.3. The Kier molecular flexibility index (Phi) is 18.3. The minimum atomic E-state index is -1.39. The van der Waals surface area contributed by atoms with Crippen molar-refractivity contribution < 1.29 is 33.3 Å². The summed E-state index contributed by atoms with van der Waals surface area (Å²) >= 11 is 28.1. The zero-order chi connectivity index (χ0) is 56.6. The molecule has 0 unspecified atom stereocenters. The Morgan fingerprint density at radius 3 is 1.22 bits per heavy atom. The minimum Gasteiger partial charge on any atom is -0.452 e. The fourth-order valence-corrected chi connectivity index (χ4v) is 10.4. The van der Waals surface area contributed by atoms with Crippen LogP contribution >= 0.6 is 82.6 Å². The molecule has 14 aromatic rings. The smallest absolute Gasteiger partial charge is 0.452 e. The summed E-state index contributed by atoms with van der Waals surface area (Å²) in [5.74, 6) is 0.690. The Labute approximate surface area is 502 Å². The summed E-state index contributed by atoms with van der Waals surface area (Å²) in [5.41, 5.74) is 11.7. The van der Waals surface area contributed by atoms with Crippen LogP contribution in [0.5, 0.6) is 0 Å². The molecule has 81 heavy (non-hydrogen) atoms. The minimum absolute atomic E-state index is 0.124. The van der Waals surface area contributed by atoms with Crippen LogP contribution in [0.1, 0.15) is 0 Å². The molecule has 0 fully saturated rings. The molecule has 0 atom stereocenters. The van der Waals surface area contributed by atoms with E-state index in [1.807, 2.05) is 164 Å². The van der Waals surface area contributed by atoms with Gasteiger partial charge >= 0.3 is 14.2 Å². The molecule has 0 saturated heterocycles. The van der Waals surface area contributed by atoms with E-state index in [1.54, 1.807) is 42.5 Å². The molecule has 0 amide bonds. The molecule has 6 aromatic heterocycles. The van der Waals surface area contributed by atoms with Gasteiger partial charge in [-0.15, -0.1) is 0 Å². The van der Waals surface area contributed by atoms with Crippen molar-refractivity contribution in [3.8, 4) is 33.9 Å².